The van der Waals surface area contributed by atoms with Gasteiger partial charge in [-0.05, 0) is 81.9 Å². The fourth-order valence-electron chi connectivity index (χ4n) is 5.30. The maximum Gasteiger partial charge on any atom is 0.408 e. The SMILES string of the molecule is Cc1c(C)c(S(=O)(=O)NC(N)=NCCC[C@H](NC(=O)OCC2=Cc3ccccc3S2(=O)=O)C(=O)O)c(C)c2c1OC(C)(C)C2. The van der Waals surface area contributed by atoms with Crippen LogP contribution in [0.25, 0.3) is 6.08 Å². The summed E-state index contributed by atoms with van der Waals surface area (Å²) in [6.45, 7) is 8.50. The molecule has 0 fully saturated rings. The average Bonchev–Trinajstić information content (AvgIpc) is 3.39. The van der Waals surface area contributed by atoms with Crippen LogP contribution < -0.4 is 20.5 Å². The lowest BCUT2D eigenvalue weighted by Gasteiger charge is -2.19. The highest BCUT2D eigenvalue weighted by atomic mass is 32.2. The number of sulfonamides is 1. The van der Waals surface area contributed by atoms with Gasteiger partial charge in [0.2, 0.25) is 15.8 Å². The number of carboxylic acids is 1. The molecule has 0 radical (unpaired) electrons. The van der Waals surface area contributed by atoms with Crippen LogP contribution in [0.1, 0.15) is 54.5 Å². The lowest BCUT2D eigenvalue weighted by atomic mass is 9.94. The number of aliphatic carboxylic acids is 1. The lowest BCUT2D eigenvalue weighted by Crippen LogP contribution is -2.41. The molecule has 2 aliphatic rings. The van der Waals surface area contributed by atoms with E-state index in [2.05, 4.69) is 15.0 Å². The number of aliphatic imine (C=N–C) groups is 1. The van der Waals surface area contributed by atoms with Crippen LogP contribution in [0.4, 0.5) is 4.79 Å². The number of sulfone groups is 1. The predicted molar refractivity (Wildman–Crippen MR) is 163 cm³/mol. The van der Waals surface area contributed by atoms with E-state index in [1.807, 2.05) is 13.8 Å². The number of fused-ring (bicyclic) bond motifs is 2. The van der Waals surface area contributed by atoms with Crippen molar-refractivity contribution in [1.29, 1.82) is 0 Å². The van der Waals surface area contributed by atoms with Crippen molar-refractivity contribution >= 4 is 44.0 Å². The molecule has 1 amide bonds. The third-order valence-corrected chi connectivity index (χ3v) is 11.0. The number of alkyl carbamates (subject to hydrolysis) is 1. The maximum atomic E-state index is 13.3. The molecular weight excluding hydrogens is 612 g/mol. The van der Waals surface area contributed by atoms with E-state index in [0.717, 1.165) is 11.1 Å². The molecule has 0 bridgehead atoms. The van der Waals surface area contributed by atoms with E-state index in [-0.39, 0.29) is 40.0 Å². The molecule has 0 spiro atoms. The molecule has 4 rings (SSSR count). The number of nitrogens with two attached hydrogens (primary N) is 1. The number of nitrogens with zero attached hydrogens (tertiary/aromatic N) is 1. The molecule has 2 aromatic carbocycles. The fraction of sp³-hybridized carbons (Fsp3) is 0.414. The number of benzene rings is 2. The van der Waals surface area contributed by atoms with Crippen molar-refractivity contribution in [1.82, 2.24) is 10.0 Å². The molecule has 2 aliphatic heterocycles. The second-order valence-electron chi connectivity index (χ2n) is 11.3. The molecule has 2 heterocycles. The predicted octanol–water partition coefficient (Wildman–Crippen LogP) is 2.71. The van der Waals surface area contributed by atoms with Crippen molar-refractivity contribution in [3.63, 3.8) is 0 Å². The Labute approximate surface area is 256 Å². The summed E-state index contributed by atoms with van der Waals surface area (Å²) >= 11 is 0. The molecule has 5 N–H and O–H groups in total. The highest BCUT2D eigenvalue weighted by molar-refractivity contribution is 7.95. The molecule has 1 atom stereocenters. The number of nitrogens with one attached hydrogen (secondary N) is 2. The number of rotatable bonds is 10. The van der Waals surface area contributed by atoms with Gasteiger partial charge in [-0.25, -0.2) is 31.1 Å². The van der Waals surface area contributed by atoms with Crippen molar-refractivity contribution in [2.75, 3.05) is 13.2 Å². The Bertz CT molecular complexity index is 1800. The van der Waals surface area contributed by atoms with Gasteiger partial charge in [0.15, 0.2) is 0 Å². The van der Waals surface area contributed by atoms with E-state index in [4.69, 9.17) is 15.2 Å². The summed E-state index contributed by atoms with van der Waals surface area (Å²) in [5.74, 6) is -1.02. The van der Waals surface area contributed by atoms with Gasteiger partial charge in [-0.1, -0.05) is 18.2 Å². The first-order valence-corrected chi connectivity index (χ1v) is 16.8. The molecule has 44 heavy (non-hydrogen) atoms. The molecule has 15 heteroatoms. The zero-order valence-corrected chi connectivity index (χ0v) is 26.7. The summed E-state index contributed by atoms with van der Waals surface area (Å²) in [6.07, 6.45) is 0.880. The number of carbonyl (C=O) groups is 2. The van der Waals surface area contributed by atoms with Crippen LogP contribution in [0.2, 0.25) is 0 Å². The van der Waals surface area contributed by atoms with Gasteiger partial charge in [0.1, 0.15) is 24.0 Å². The van der Waals surface area contributed by atoms with Crippen LogP contribution in [-0.2, 0) is 35.8 Å². The summed E-state index contributed by atoms with van der Waals surface area (Å²) in [6, 6.07) is 4.96. The van der Waals surface area contributed by atoms with E-state index in [1.54, 1.807) is 39.0 Å². The summed E-state index contributed by atoms with van der Waals surface area (Å²) < 4.78 is 65.2. The van der Waals surface area contributed by atoms with Crippen molar-refractivity contribution < 1.29 is 41.0 Å². The highest BCUT2D eigenvalue weighted by Gasteiger charge is 2.37. The molecule has 0 unspecified atom stereocenters. The molecule has 238 valence electrons. The number of ether oxygens (including phenoxy) is 2. The quantitative estimate of drug-likeness (QED) is 0.168. The maximum absolute atomic E-state index is 13.3. The fourth-order valence-corrected chi connectivity index (χ4v) is 8.30. The van der Waals surface area contributed by atoms with Crippen molar-refractivity contribution in [2.24, 2.45) is 10.7 Å². The zero-order valence-electron chi connectivity index (χ0n) is 25.1. The number of carboxylic acid groups (broad SMARTS) is 1. The number of guanidine groups is 1. The van der Waals surface area contributed by atoms with E-state index in [9.17, 15) is 31.5 Å². The number of carbonyl (C=O) groups excluding carboxylic acids is 1. The smallest absolute Gasteiger partial charge is 0.408 e. The van der Waals surface area contributed by atoms with E-state index in [1.165, 1.54) is 12.1 Å². The third kappa shape index (κ3) is 6.68. The van der Waals surface area contributed by atoms with Crippen molar-refractivity contribution in [3.8, 4) is 5.75 Å². The van der Waals surface area contributed by atoms with E-state index < -0.39 is 50.2 Å². The Morgan fingerprint density at radius 2 is 1.84 bits per heavy atom. The monoisotopic (exact) mass is 648 g/mol. The van der Waals surface area contributed by atoms with Crippen molar-refractivity contribution in [2.45, 2.75) is 75.3 Å². The van der Waals surface area contributed by atoms with Gasteiger partial charge in [0, 0.05) is 18.5 Å². The lowest BCUT2D eigenvalue weighted by molar-refractivity contribution is -0.139. The van der Waals surface area contributed by atoms with Gasteiger partial charge < -0.3 is 25.6 Å². The molecule has 13 nitrogen and oxygen atoms in total. The summed E-state index contributed by atoms with van der Waals surface area (Å²) in [5, 5.41) is 11.7. The van der Waals surface area contributed by atoms with Crippen LogP contribution in [0, 0.1) is 20.8 Å². The van der Waals surface area contributed by atoms with Crippen molar-refractivity contribution in [3.05, 3.63) is 57.0 Å². The van der Waals surface area contributed by atoms with Gasteiger partial charge in [-0.15, -0.1) is 0 Å². The first-order chi connectivity index (χ1) is 20.4. The minimum atomic E-state index is -4.10. The molecule has 0 saturated carbocycles. The van der Waals surface area contributed by atoms with Crippen LogP contribution in [0.5, 0.6) is 5.75 Å². The Morgan fingerprint density at radius 3 is 2.50 bits per heavy atom. The van der Waals surface area contributed by atoms with Crippen LogP contribution in [0.3, 0.4) is 0 Å². The Morgan fingerprint density at radius 1 is 1.16 bits per heavy atom. The Kier molecular flexibility index (Phi) is 9.03. The zero-order chi connectivity index (χ0) is 32.6. The standard InChI is InChI=1S/C29H36N4O9S2/c1-16-17(2)25(18(3)21-14-29(4,5)42-24(16)21)44(39,40)33-27(30)31-12-8-10-22(26(34)35)32-28(36)41-15-20-13-19-9-6-7-11-23(19)43(20,37)38/h6-7,9,11,13,22H,8,10,12,14-15H2,1-5H3,(H,32,36)(H,34,35)(H3,30,31,33)/t22-/m0/s1. The van der Waals surface area contributed by atoms with E-state index >= 15 is 0 Å². The summed E-state index contributed by atoms with van der Waals surface area (Å²) in [5.41, 5.74) is 8.55. The van der Waals surface area contributed by atoms with Crippen LogP contribution in [0.15, 0.2) is 44.0 Å². The largest absolute Gasteiger partial charge is 0.487 e. The van der Waals surface area contributed by atoms with Gasteiger partial charge >= 0.3 is 12.1 Å². The normalized spacial score (nSPS) is 17.1. The number of hydrogen-bond acceptors (Lipinski definition) is 9. The highest BCUT2D eigenvalue weighted by Crippen LogP contribution is 2.43. The summed E-state index contributed by atoms with van der Waals surface area (Å²) in [4.78, 5) is 28.1. The molecule has 0 aliphatic carbocycles. The first-order valence-electron chi connectivity index (χ1n) is 13.8. The van der Waals surface area contributed by atoms with E-state index in [0.29, 0.717) is 28.9 Å². The summed E-state index contributed by atoms with van der Waals surface area (Å²) in [7, 11) is -7.90. The minimum absolute atomic E-state index is 0.0402. The average molecular weight is 649 g/mol. The van der Waals surface area contributed by atoms with Gasteiger partial charge in [0.25, 0.3) is 10.0 Å². The van der Waals surface area contributed by atoms with Crippen LogP contribution in [-0.4, -0.2) is 64.8 Å². The Hall–Kier alpha value is -4.11. The second kappa shape index (κ2) is 12.1. The Balaban J connectivity index is 1.32. The molecular formula is C29H36N4O9S2. The molecule has 0 aromatic heterocycles. The topological polar surface area (TPSA) is 204 Å². The van der Waals surface area contributed by atoms with Gasteiger partial charge in [0.05, 0.1) is 14.7 Å². The first kappa shape index (κ1) is 32.8. The van der Waals surface area contributed by atoms with Gasteiger partial charge in [-0.3, -0.25) is 4.99 Å². The molecule has 0 saturated heterocycles. The second-order valence-corrected chi connectivity index (χ2v) is 14.9. The minimum Gasteiger partial charge on any atom is -0.487 e. The number of hydrogen-bond donors (Lipinski definition) is 4. The molecule has 2 aromatic rings. The van der Waals surface area contributed by atoms with Gasteiger partial charge in [-0.2, -0.15) is 0 Å². The van der Waals surface area contributed by atoms with Crippen LogP contribution >= 0.6 is 0 Å². The number of amides is 1. The third-order valence-electron chi connectivity index (χ3n) is 7.54.